The third-order valence-electron chi connectivity index (χ3n) is 5.42. The zero-order chi connectivity index (χ0) is 20.7. The monoisotopic (exact) mass is 386 g/mol. The van der Waals surface area contributed by atoms with E-state index in [1.807, 2.05) is 37.6 Å². The van der Waals surface area contributed by atoms with Crippen molar-refractivity contribution in [3.8, 4) is 5.75 Å². The van der Waals surface area contributed by atoms with Crippen LogP contribution in [0, 0.1) is 6.92 Å². The van der Waals surface area contributed by atoms with Crippen LogP contribution in [-0.4, -0.2) is 34.7 Å². The molecule has 5 nitrogen and oxygen atoms in total. The van der Waals surface area contributed by atoms with E-state index in [1.54, 1.807) is 7.11 Å². The number of aromatic nitrogens is 1. The minimum atomic E-state index is -0.590. The van der Waals surface area contributed by atoms with E-state index in [1.165, 1.54) is 5.56 Å². The summed E-state index contributed by atoms with van der Waals surface area (Å²) in [5.74, 6) is 1.09. The van der Waals surface area contributed by atoms with Crippen molar-refractivity contribution in [1.82, 2.24) is 4.57 Å². The number of carbonyl (C=O) groups is 1. The smallest absolute Gasteiger partial charge is 0.179 e. The van der Waals surface area contributed by atoms with Gasteiger partial charge >= 0.3 is 0 Å². The highest BCUT2D eigenvalue weighted by molar-refractivity contribution is 5.94. The minimum absolute atomic E-state index is 0.0456. The molecule has 0 aliphatic heterocycles. The lowest BCUT2D eigenvalue weighted by Crippen LogP contribution is -2.40. The van der Waals surface area contributed by atoms with Crippen molar-refractivity contribution in [2.45, 2.75) is 57.9 Å². The van der Waals surface area contributed by atoms with Crippen LogP contribution < -0.4 is 10.5 Å². The Morgan fingerprint density at radius 3 is 2.64 bits per heavy atom. The van der Waals surface area contributed by atoms with Crippen LogP contribution in [0.15, 0.2) is 30.3 Å². The SMILES string of the molecule is COc1cc(CCCCC(=O)c2ccc(CC[C@@](C)(N)CO)n2C)ccc1C. The molecule has 154 valence electrons. The van der Waals surface area contributed by atoms with Gasteiger partial charge < -0.3 is 20.1 Å². The molecule has 1 aromatic carbocycles. The van der Waals surface area contributed by atoms with Gasteiger partial charge in [-0.3, -0.25) is 4.79 Å². The Balaban J connectivity index is 1.83. The first-order valence-electron chi connectivity index (χ1n) is 9.98. The first-order chi connectivity index (χ1) is 13.3. The van der Waals surface area contributed by atoms with Crippen LogP contribution in [0.4, 0.5) is 0 Å². The molecule has 2 rings (SSSR count). The molecule has 0 amide bonds. The summed E-state index contributed by atoms with van der Waals surface area (Å²) in [5, 5.41) is 9.29. The average Bonchev–Trinajstić information content (AvgIpc) is 3.05. The molecule has 2 aromatic rings. The fraction of sp³-hybridized carbons (Fsp3) is 0.522. The molecule has 0 spiro atoms. The Bertz CT molecular complexity index is 793. The van der Waals surface area contributed by atoms with Gasteiger partial charge in [0, 0.05) is 24.7 Å². The van der Waals surface area contributed by atoms with Gasteiger partial charge in [0.15, 0.2) is 5.78 Å². The maximum absolute atomic E-state index is 12.6. The number of nitrogens with two attached hydrogens (primary N) is 1. The molecule has 1 aromatic heterocycles. The standard InChI is InChI=1S/C23H34N2O3/c1-17-9-10-18(15-22(17)28-4)7-5-6-8-21(27)20-12-11-19(25(20)3)13-14-23(2,24)16-26/h9-12,15,26H,5-8,13-14,16,24H2,1-4H3/t23-/m1/s1. The second kappa shape index (κ2) is 9.89. The number of aryl methyl sites for hydroxylation is 3. The third kappa shape index (κ3) is 5.94. The van der Waals surface area contributed by atoms with Crippen molar-refractivity contribution in [3.05, 3.63) is 52.8 Å². The van der Waals surface area contributed by atoms with E-state index in [4.69, 9.17) is 10.5 Å². The lowest BCUT2D eigenvalue weighted by molar-refractivity contribution is 0.0971. The van der Waals surface area contributed by atoms with Crippen molar-refractivity contribution in [1.29, 1.82) is 0 Å². The second-order valence-corrected chi connectivity index (χ2v) is 8.02. The number of aliphatic hydroxyl groups is 1. The van der Waals surface area contributed by atoms with Crippen molar-refractivity contribution < 1.29 is 14.6 Å². The van der Waals surface area contributed by atoms with Crippen LogP contribution in [0.1, 0.15) is 59.9 Å². The Morgan fingerprint density at radius 1 is 1.21 bits per heavy atom. The Hall–Kier alpha value is -2.11. The molecule has 28 heavy (non-hydrogen) atoms. The van der Waals surface area contributed by atoms with Gasteiger partial charge in [-0.15, -0.1) is 0 Å². The fourth-order valence-electron chi connectivity index (χ4n) is 3.34. The summed E-state index contributed by atoms with van der Waals surface area (Å²) in [6.45, 7) is 3.83. The average molecular weight is 387 g/mol. The molecule has 0 saturated heterocycles. The quantitative estimate of drug-likeness (QED) is 0.457. The third-order valence-corrected chi connectivity index (χ3v) is 5.42. The van der Waals surface area contributed by atoms with E-state index in [9.17, 15) is 9.90 Å². The predicted molar refractivity (Wildman–Crippen MR) is 113 cm³/mol. The molecule has 0 unspecified atom stereocenters. The van der Waals surface area contributed by atoms with Gasteiger partial charge in [-0.2, -0.15) is 0 Å². The van der Waals surface area contributed by atoms with Gasteiger partial charge in [0.05, 0.1) is 19.4 Å². The fourth-order valence-corrected chi connectivity index (χ4v) is 3.34. The number of nitrogens with zero attached hydrogens (tertiary/aromatic N) is 1. The molecule has 0 aliphatic carbocycles. The number of aliphatic hydroxyl groups excluding tert-OH is 1. The highest BCUT2D eigenvalue weighted by atomic mass is 16.5. The van der Waals surface area contributed by atoms with Crippen molar-refractivity contribution in [3.63, 3.8) is 0 Å². The number of hydrogen-bond donors (Lipinski definition) is 2. The number of unbranched alkanes of at least 4 members (excludes halogenated alkanes) is 1. The number of hydrogen-bond acceptors (Lipinski definition) is 4. The topological polar surface area (TPSA) is 77.5 Å². The lowest BCUT2D eigenvalue weighted by atomic mass is 9.97. The summed E-state index contributed by atoms with van der Waals surface area (Å²) in [6.07, 6.45) is 4.74. The number of Topliss-reactive ketones (excluding diaryl/α,β-unsaturated/α-hetero) is 1. The molecule has 0 aliphatic rings. The summed E-state index contributed by atoms with van der Waals surface area (Å²) in [4.78, 5) is 12.6. The van der Waals surface area contributed by atoms with Crippen molar-refractivity contribution in [2.75, 3.05) is 13.7 Å². The number of methoxy groups -OCH3 is 1. The van der Waals surface area contributed by atoms with Gasteiger partial charge in [-0.05, 0) is 75.3 Å². The summed E-state index contributed by atoms with van der Waals surface area (Å²) in [5.41, 5.74) is 9.60. The van der Waals surface area contributed by atoms with E-state index in [-0.39, 0.29) is 12.4 Å². The van der Waals surface area contributed by atoms with Gasteiger partial charge in [-0.25, -0.2) is 0 Å². The molecular weight excluding hydrogens is 352 g/mol. The molecule has 3 N–H and O–H groups in total. The zero-order valence-corrected chi connectivity index (χ0v) is 17.6. The Labute approximate surface area is 168 Å². The zero-order valence-electron chi connectivity index (χ0n) is 17.6. The molecule has 0 saturated carbocycles. The van der Waals surface area contributed by atoms with Gasteiger partial charge in [0.25, 0.3) is 0 Å². The molecule has 0 radical (unpaired) electrons. The van der Waals surface area contributed by atoms with Crippen molar-refractivity contribution >= 4 is 5.78 Å². The van der Waals surface area contributed by atoms with Crippen LogP contribution in [0.2, 0.25) is 0 Å². The van der Waals surface area contributed by atoms with Crippen LogP contribution >= 0.6 is 0 Å². The molecule has 1 atom stereocenters. The number of ether oxygens (including phenoxy) is 1. The normalized spacial score (nSPS) is 13.4. The van der Waals surface area contributed by atoms with Gasteiger partial charge in [0.1, 0.15) is 5.75 Å². The summed E-state index contributed by atoms with van der Waals surface area (Å²) in [6, 6.07) is 10.2. The van der Waals surface area contributed by atoms with E-state index in [0.29, 0.717) is 12.8 Å². The second-order valence-electron chi connectivity index (χ2n) is 8.02. The number of rotatable bonds is 11. The minimum Gasteiger partial charge on any atom is -0.496 e. The largest absolute Gasteiger partial charge is 0.496 e. The first kappa shape index (κ1) is 22.2. The predicted octanol–water partition coefficient (Wildman–Crippen LogP) is 3.58. The van der Waals surface area contributed by atoms with Crippen LogP contribution in [0.3, 0.4) is 0 Å². The maximum Gasteiger partial charge on any atom is 0.179 e. The molecule has 1 heterocycles. The summed E-state index contributed by atoms with van der Waals surface area (Å²) >= 11 is 0. The van der Waals surface area contributed by atoms with Crippen LogP contribution in [-0.2, 0) is 19.9 Å². The molecule has 5 heteroatoms. The highest BCUT2D eigenvalue weighted by Crippen LogP contribution is 2.21. The van der Waals surface area contributed by atoms with E-state index in [2.05, 4.69) is 18.2 Å². The van der Waals surface area contributed by atoms with Gasteiger partial charge in [-0.1, -0.05) is 12.1 Å². The van der Waals surface area contributed by atoms with Crippen molar-refractivity contribution in [2.24, 2.45) is 12.8 Å². The van der Waals surface area contributed by atoms with E-state index in [0.717, 1.165) is 48.4 Å². The summed E-state index contributed by atoms with van der Waals surface area (Å²) < 4.78 is 7.33. The Morgan fingerprint density at radius 2 is 1.96 bits per heavy atom. The van der Waals surface area contributed by atoms with Gasteiger partial charge in [0.2, 0.25) is 0 Å². The Kier molecular flexibility index (Phi) is 7.84. The lowest BCUT2D eigenvalue weighted by Gasteiger charge is -2.21. The van der Waals surface area contributed by atoms with E-state index >= 15 is 0 Å². The molecule has 0 bridgehead atoms. The van der Waals surface area contributed by atoms with Crippen LogP contribution in [0.5, 0.6) is 5.75 Å². The number of benzene rings is 1. The molecular formula is C23H34N2O3. The first-order valence-corrected chi connectivity index (χ1v) is 9.98. The van der Waals surface area contributed by atoms with Crippen LogP contribution in [0.25, 0.3) is 0 Å². The maximum atomic E-state index is 12.6. The summed E-state index contributed by atoms with van der Waals surface area (Å²) in [7, 11) is 3.62. The van der Waals surface area contributed by atoms with E-state index < -0.39 is 5.54 Å². The molecule has 0 fully saturated rings. The highest BCUT2D eigenvalue weighted by Gasteiger charge is 2.19. The number of carbonyl (C=O) groups excluding carboxylic acids is 1. The number of ketones is 1.